The van der Waals surface area contributed by atoms with Crippen molar-refractivity contribution in [2.75, 3.05) is 0 Å². The highest BCUT2D eigenvalue weighted by molar-refractivity contribution is 7.89. The molecule has 0 aromatic carbocycles. The zero-order chi connectivity index (χ0) is 14.0. The molecule has 2 rings (SSSR count). The molecule has 6 nitrogen and oxygen atoms in total. The van der Waals surface area contributed by atoms with Gasteiger partial charge in [0.05, 0.1) is 19.1 Å². The first kappa shape index (κ1) is 13.8. The van der Waals surface area contributed by atoms with Gasteiger partial charge in [0.1, 0.15) is 11.5 Å². The molecular weight excluding hydrogens is 266 g/mol. The molecule has 0 amide bonds. The van der Waals surface area contributed by atoms with Crippen molar-refractivity contribution >= 4 is 10.0 Å². The molecule has 0 bridgehead atoms. The Hall–Kier alpha value is -1.60. The predicted octanol–water partition coefficient (Wildman–Crippen LogP) is 1.91. The van der Waals surface area contributed by atoms with Crippen LogP contribution in [0.4, 0.5) is 0 Å². The number of H-pyrrole nitrogens is 1. The summed E-state index contributed by atoms with van der Waals surface area (Å²) in [5.74, 6) is 1.38. The highest BCUT2D eigenvalue weighted by Crippen LogP contribution is 2.20. The van der Waals surface area contributed by atoms with Gasteiger partial charge in [-0.15, -0.1) is 0 Å². The fourth-order valence-electron chi connectivity index (χ4n) is 1.78. The minimum absolute atomic E-state index is 0.0875. The van der Waals surface area contributed by atoms with Gasteiger partial charge >= 0.3 is 0 Å². The molecule has 0 fully saturated rings. The van der Waals surface area contributed by atoms with E-state index >= 15 is 0 Å². The fourth-order valence-corrected chi connectivity index (χ4v) is 3.28. The molecule has 0 unspecified atom stereocenters. The predicted molar refractivity (Wildman–Crippen MR) is 69.9 cm³/mol. The van der Waals surface area contributed by atoms with Crippen molar-refractivity contribution in [2.24, 2.45) is 0 Å². The Balaban J connectivity index is 2.31. The van der Waals surface area contributed by atoms with E-state index in [1.807, 2.05) is 26.8 Å². The minimum atomic E-state index is -3.59. The van der Waals surface area contributed by atoms with Crippen LogP contribution in [0, 0.1) is 6.92 Å². The molecule has 1 N–H and O–H groups in total. The van der Waals surface area contributed by atoms with E-state index in [9.17, 15) is 8.42 Å². The molecular formula is C12H17N3O3S. The Kier molecular flexibility index (Phi) is 3.77. The molecule has 2 aromatic rings. The van der Waals surface area contributed by atoms with E-state index in [0.717, 1.165) is 5.76 Å². The SMILES string of the molecule is Cc1ccc(CN(C(C)C)S(=O)(=O)c2cnc[nH]2)o1. The number of rotatable bonds is 5. The normalized spacial score (nSPS) is 12.5. The molecule has 2 heterocycles. The summed E-state index contributed by atoms with van der Waals surface area (Å²) in [6, 6.07) is 3.42. The largest absolute Gasteiger partial charge is 0.465 e. The zero-order valence-corrected chi connectivity index (χ0v) is 11.9. The van der Waals surface area contributed by atoms with Crippen LogP contribution >= 0.6 is 0 Å². The molecule has 0 radical (unpaired) electrons. The zero-order valence-electron chi connectivity index (χ0n) is 11.1. The van der Waals surface area contributed by atoms with Crippen LogP contribution in [0.5, 0.6) is 0 Å². The van der Waals surface area contributed by atoms with Crippen LogP contribution in [-0.4, -0.2) is 28.7 Å². The summed E-state index contributed by atoms with van der Waals surface area (Å²) in [5.41, 5.74) is 0. The number of nitrogens with one attached hydrogen (secondary N) is 1. The van der Waals surface area contributed by atoms with Crippen LogP contribution in [0.2, 0.25) is 0 Å². The van der Waals surface area contributed by atoms with Crippen molar-refractivity contribution in [1.29, 1.82) is 0 Å². The van der Waals surface area contributed by atoms with E-state index in [1.165, 1.54) is 16.8 Å². The molecule has 0 spiro atoms. The fraction of sp³-hybridized carbons (Fsp3) is 0.417. The summed E-state index contributed by atoms with van der Waals surface area (Å²) in [6.07, 6.45) is 2.65. The minimum Gasteiger partial charge on any atom is -0.465 e. The third-order valence-corrected chi connectivity index (χ3v) is 4.69. The average molecular weight is 283 g/mol. The number of sulfonamides is 1. The Labute approximate surface area is 112 Å². The van der Waals surface area contributed by atoms with Crippen molar-refractivity contribution in [3.05, 3.63) is 36.2 Å². The van der Waals surface area contributed by atoms with Gasteiger partial charge in [-0.25, -0.2) is 13.4 Å². The average Bonchev–Trinajstić information content (AvgIpc) is 2.96. The van der Waals surface area contributed by atoms with Crippen molar-refractivity contribution < 1.29 is 12.8 Å². The Morgan fingerprint density at radius 3 is 2.63 bits per heavy atom. The number of furan rings is 1. The monoisotopic (exact) mass is 283 g/mol. The highest BCUT2D eigenvalue weighted by Gasteiger charge is 2.29. The molecule has 0 saturated heterocycles. The molecule has 2 aromatic heterocycles. The summed E-state index contributed by atoms with van der Waals surface area (Å²) >= 11 is 0. The van der Waals surface area contributed by atoms with Crippen molar-refractivity contribution in [3.8, 4) is 0 Å². The highest BCUT2D eigenvalue weighted by atomic mass is 32.2. The van der Waals surface area contributed by atoms with Gasteiger partial charge in [0.25, 0.3) is 10.0 Å². The molecule has 104 valence electrons. The number of hydrogen-bond acceptors (Lipinski definition) is 4. The quantitative estimate of drug-likeness (QED) is 0.909. The molecule has 0 atom stereocenters. The summed E-state index contributed by atoms with van der Waals surface area (Å²) in [5, 5.41) is 0.0875. The first-order valence-electron chi connectivity index (χ1n) is 5.97. The van der Waals surface area contributed by atoms with Crippen LogP contribution in [0.25, 0.3) is 0 Å². The van der Waals surface area contributed by atoms with Gasteiger partial charge in [-0.1, -0.05) is 0 Å². The number of nitrogens with zero attached hydrogens (tertiary/aromatic N) is 2. The van der Waals surface area contributed by atoms with E-state index in [2.05, 4.69) is 9.97 Å². The lowest BCUT2D eigenvalue weighted by atomic mass is 10.3. The number of imidazole rings is 1. The third kappa shape index (κ3) is 2.87. The second-order valence-corrected chi connectivity index (χ2v) is 6.43. The lowest BCUT2D eigenvalue weighted by molar-refractivity contribution is 0.314. The Bertz CT molecular complexity index is 629. The van der Waals surface area contributed by atoms with E-state index < -0.39 is 10.0 Å². The molecule has 0 aliphatic rings. The molecule has 0 aliphatic heterocycles. The number of aromatic amines is 1. The van der Waals surface area contributed by atoms with Crippen LogP contribution in [0.15, 0.2) is 34.1 Å². The van der Waals surface area contributed by atoms with Crippen LogP contribution < -0.4 is 0 Å². The lowest BCUT2D eigenvalue weighted by Gasteiger charge is -2.24. The number of aryl methyl sites for hydroxylation is 1. The number of hydrogen-bond donors (Lipinski definition) is 1. The van der Waals surface area contributed by atoms with E-state index in [0.29, 0.717) is 5.76 Å². The van der Waals surface area contributed by atoms with E-state index in [1.54, 1.807) is 6.07 Å². The van der Waals surface area contributed by atoms with E-state index in [4.69, 9.17) is 4.42 Å². The maximum atomic E-state index is 12.5. The van der Waals surface area contributed by atoms with E-state index in [-0.39, 0.29) is 17.6 Å². The first-order chi connectivity index (χ1) is 8.91. The first-order valence-corrected chi connectivity index (χ1v) is 7.41. The number of aromatic nitrogens is 2. The lowest BCUT2D eigenvalue weighted by Crippen LogP contribution is -2.36. The van der Waals surface area contributed by atoms with Crippen LogP contribution in [-0.2, 0) is 16.6 Å². The molecule has 0 saturated carbocycles. The maximum Gasteiger partial charge on any atom is 0.260 e. The van der Waals surface area contributed by atoms with Gasteiger partial charge in [-0.05, 0) is 32.9 Å². The molecule has 7 heteroatoms. The van der Waals surface area contributed by atoms with Gasteiger partial charge in [0, 0.05) is 6.04 Å². The topological polar surface area (TPSA) is 79.2 Å². The maximum absolute atomic E-state index is 12.5. The van der Waals surface area contributed by atoms with Crippen LogP contribution in [0.3, 0.4) is 0 Å². The van der Waals surface area contributed by atoms with Gasteiger partial charge in [-0.3, -0.25) is 0 Å². The second kappa shape index (κ2) is 5.18. The summed E-state index contributed by atoms with van der Waals surface area (Å²) < 4.78 is 31.7. The van der Waals surface area contributed by atoms with Crippen LogP contribution in [0.1, 0.15) is 25.4 Å². The Morgan fingerprint density at radius 2 is 2.16 bits per heavy atom. The van der Waals surface area contributed by atoms with Gasteiger partial charge < -0.3 is 9.40 Å². The third-order valence-electron chi connectivity index (χ3n) is 2.74. The van der Waals surface area contributed by atoms with Crippen molar-refractivity contribution in [2.45, 2.75) is 38.4 Å². The molecule has 19 heavy (non-hydrogen) atoms. The summed E-state index contributed by atoms with van der Waals surface area (Å²) in [4.78, 5) is 6.39. The van der Waals surface area contributed by atoms with Crippen molar-refractivity contribution in [3.63, 3.8) is 0 Å². The van der Waals surface area contributed by atoms with Gasteiger partial charge in [-0.2, -0.15) is 4.31 Å². The van der Waals surface area contributed by atoms with Crippen molar-refractivity contribution in [1.82, 2.24) is 14.3 Å². The summed E-state index contributed by atoms with van der Waals surface area (Å²) in [6.45, 7) is 5.67. The van der Waals surface area contributed by atoms with Gasteiger partial charge in [0.2, 0.25) is 0 Å². The summed E-state index contributed by atoms with van der Waals surface area (Å²) in [7, 11) is -3.59. The molecule has 0 aliphatic carbocycles. The standard InChI is InChI=1S/C12H17N3O3S/c1-9(2)15(7-11-5-4-10(3)18-11)19(16,17)12-6-13-8-14-12/h4-6,8-9H,7H2,1-3H3,(H,13,14). The Morgan fingerprint density at radius 1 is 1.42 bits per heavy atom. The second-order valence-electron chi connectivity index (χ2n) is 4.57. The smallest absolute Gasteiger partial charge is 0.260 e. The van der Waals surface area contributed by atoms with Gasteiger partial charge in [0.15, 0.2) is 5.03 Å².